The third kappa shape index (κ3) is 4.43. The van der Waals surface area contributed by atoms with Crippen LogP contribution in [0.2, 0.25) is 0 Å². The number of phenolic OH excluding ortho intramolecular Hbond substituents is 1. The molecule has 0 saturated carbocycles. The summed E-state index contributed by atoms with van der Waals surface area (Å²) in [4.78, 5) is 11.9. The fraction of sp³-hybridized carbons (Fsp3) is 0.0455. The van der Waals surface area contributed by atoms with Crippen LogP contribution in [0.3, 0.4) is 0 Å². The van der Waals surface area contributed by atoms with Crippen LogP contribution in [0, 0.1) is 11.8 Å². The fourth-order valence-corrected chi connectivity index (χ4v) is 2.30. The molecule has 0 aromatic heterocycles. The van der Waals surface area contributed by atoms with Crippen molar-refractivity contribution in [1.29, 1.82) is 0 Å². The second-order valence-electron chi connectivity index (χ2n) is 5.44. The standard InChI is InChI=1S/C22H16O4/c1-25-20-11-2-16(3-12-20)4-15-22(24)26-21-13-7-18(8-14-21)17-5-9-19(23)10-6-17/h2-3,5-14,23H,1H3. The molecule has 3 rings (SSSR count). The van der Waals surface area contributed by atoms with Crippen molar-refractivity contribution >= 4 is 5.97 Å². The molecular weight excluding hydrogens is 328 g/mol. The molecule has 0 amide bonds. The van der Waals surface area contributed by atoms with Crippen LogP contribution < -0.4 is 9.47 Å². The smallest absolute Gasteiger partial charge is 0.390 e. The highest BCUT2D eigenvalue weighted by Gasteiger charge is 2.03. The summed E-state index contributed by atoms with van der Waals surface area (Å²) in [7, 11) is 1.59. The third-order valence-corrected chi connectivity index (χ3v) is 3.66. The Balaban J connectivity index is 1.64. The second kappa shape index (κ2) is 7.91. The summed E-state index contributed by atoms with van der Waals surface area (Å²) >= 11 is 0. The zero-order valence-electron chi connectivity index (χ0n) is 14.1. The molecule has 0 bridgehead atoms. The van der Waals surface area contributed by atoms with Crippen LogP contribution >= 0.6 is 0 Å². The van der Waals surface area contributed by atoms with Crippen LogP contribution in [0.4, 0.5) is 0 Å². The SMILES string of the molecule is COc1ccc(C#CC(=O)Oc2ccc(-c3ccc(O)cc3)cc2)cc1. The molecule has 0 spiro atoms. The van der Waals surface area contributed by atoms with Crippen LogP contribution in [0.15, 0.2) is 72.8 Å². The molecule has 26 heavy (non-hydrogen) atoms. The lowest BCUT2D eigenvalue weighted by atomic mass is 10.1. The summed E-state index contributed by atoms with van der Waals surface area (Å²) in [6.45, 7) is 0. The number of hydrogen-bond donors (Lipinski definition) is 1. The summed E-state index contributed by atoms with van der Waals surface area (Å²) in [5, 5.41) is 9.33. The van der Waals surface area contributed by atoms with Gasteiger partial charge in [0.1, 0.15) is 17.2 Å². The first-order chi connectivity index (χ1) is 12.6. The predicted octanol–water partition coefficient (Wildman–Crippen LogP) is 4.02. The highest BCUT2D eigenvalue weighted by Crippen LogP contribution is 2.24. The normalized spacial score (nSPS) is 9.73. The molecule has 1 N–H and O–H groups in total. The van der Waals surface area contributed by atoms with Crippen molar-refractivity contribution < 1.29 is 19.4 Å². The average molecular weight is 344 g/mol. The maximum absolute atomic E-state index is 11.9. The maximum atomic E-state index is 11.9. The first kappa shape index (κ1) is 17.1. The van der Waals surface area contributed by atoms with Gasteiger partial charge in [0.25, 0.3) is 0 Å². The molecule has 3 aromatic rings. The van der Waals surface area contributed by atoms with Gasteiger partial charge in [-0.2, -0.15) is 0 Å². The number of methoxy groups -OCH3 is 1. The van der Waals surface area contributed by atoms with Crippen molar-refractivity contribution in [2.45, 2.75) is 0 Å². The molecule has 4 nitrogen and oxygen atoms in total. The molecule has 128 valence electrons. The number of hydrogen-bond acceptors (Lipinski definition) is 4. The van der Waals surface area contributed by atoms with Gasteiger partial charge < -0.3 is 14.6 Å². The molecule has 3 aromatic carbocycles. The Labute approximate surface area is 151 Å². The lowest BCUT2D eigenvalue weighted by Crippen LogP contribution is -2.04. The van der Waals surface area contributed by atoms with E-state index in [9.17, 15) is 9.90 Å². The van der Waals surface area contributed by atoms with Gasteiger partial charge in [0.15, 0.2) is 0 Å². The topological polar surface area (TPSA) is 55.8 Å². The number of carbonyl (C=O) groups excluding carboxylic acids is 1. The molecule has 0 aliphatic carbocycles. The number of aromatic hydroxyl groups is 1. The molecule has 0 heterocycles. The predicted molar refractivity (Wildman–Crippen MR) is 99.0 cm³/mol. The van der Waals surface area contributed by atoms with E-state index >= 15 is 0 Å². The van der Waals surface area contributed by atoms with E-state index in [0.29, 0.717) is 11.3 Å². The number of phenols is 1. The van der Waals surface area contributed by atoms with E-state index in [0.717, 1.165) is 16.9 Å². The summed E-state index contributed by atoms with van der Waals surface area (Å²) in [6.07, 6.45) is 0. The van der Waals surface area contributed by atoms with E-state index in [1.54, 1.807) is 55.6 Å². The first-order valence-corrected chi connectivity index (χ1v) is 7.91. The molecule has 0 unspecified atom stereocenters. The number of carbonyl (C=O) groups is 1. The second-order valence-corrected chi connectivity index (χ2v) is 5.44. The zero-order chi connectivity index (χ0) is 18.4. The van der Waals surface area contributed by atoms with E-state index in [-0.39, 0.29) is 5.75 Å². The molecule has 0 aliphatic rings. The third-order valence-electron chi connectivity index (χ3n) is 3.66. The molecule has 0 aliphatic heterocycles. The van der Waals surface area contributed by atoms with Gasteiger partial charge in [-0.15, -0.1) is 0 Å². The van der Waals surface area contributed by atoms with Crippen LogP contribution in [0.1, 0.15) is 5.56 Å². The molecular formula is C22H16O4. The Morgan fingerprint density at radius 1 is 0.808 bits per heavy atom. The Bertz CT molecular complexity index is 944. The minimum Gasteiger partial charge on any atom is -0.508 e. The van der Waals surface area contributed by atoms with Crippen molar-refractivity contribution in [2.24, 2.45) is 0 Å². The van der Waals surface area contributed by atoms with E-state index in [1.165, 1.54) is 0 Å². The van der Waals surface area contributed by atoms with E-state index in [1.807, 2.05) is 24.3 Å². The Morgan fingerprint density at radius 2 is 1.35 bits per heavy atom. The van der Waals surface area contributed by atoms with Crippen LogP contribution in [0.25, 0.3) is 11.1 Å². The minimum atomic E-state index is -0.627. The highest BCUT2D eigenvalue weighted by molar-refractivity contribution is 5.90. The summed E-state index contributed by atoms with van der Waals surface area (Å²) in [5.74, 6) is 5.95. The van der Waals surface area contributed by atoms with Crippen molar-refractivity contribution in [3.8, 4) is 40.2 Å². The summed E-state index contributed by atoms with van der Waals surface area (Å²) in [6, 6.07) is 21.1. The zero-order valence-corrected chi connectivity index (χ0v) is 14.1. The average Bonchev–Trinajstić information content (AvgIpc) is 2.68. The van der Waals surface area contributed by atoms with E-state index in [2.05, 4.69) is 11.8 Å². The molecule has 4 heteroatoms. The number of rotatable bonds is 3. The lowest BCUT2D eigenvalue weighted by molar-refractivity contribution is -0.128. The van der Waals surface area contributed by atoms with Gasteiger partial charge >= 0.3 is 5.97 Å². The molecule has 0 radical (unpaired) electrons. The van der Waals surface area contributed by atoms with Crippen molar-refractivity contribution in [3.63, 3.8) is 0 Å². The molecule has 0 saturated heterocycles. The van der Waals surface area contributed by atoms with Gasteiger partial charge in [0.05, 0.1) is 7.11 Å². The van der Waals surface area contributed by atoms with Gasteiger partial charge in [0, 0.05) is 11.5 Å². The maximum Gasteiger partial charge on any atom is 0.390 e. The van der Waals surface area contributed by atoms with Crippen molar-refractivity contribution in [1.82, 2.24) is 0 Å². The molecule has 0 fully saturated rings. The monoisotopic (exact) mass is 344 g/mol. The van der Waals surface area contributed by atoms with Crippen molar-refractivity contribution in [3.05, 3.63) is 78.4 Å². The summed E-state index contributed by atoms with van der Waals surface area (Å²) < 4.78 is 10.3. The Hall–Kier alpha value is -3.71. The Morgan fingerprint density at radius 3 is 1.92 bits per heavy atom. The van der Waals surface area contributed by atoms with Crippen LogP contribution in [-0.2, 0) is 4.79 Å². The number of esters is 1. The molecule has 0 atom stereocenters. The number of ether oxygens (including phenoxy) is 2. The van der Waals surface area contributed by atoms with E-state index in [4.69, 9.17) is 9.47 Å². The fourth-order valence-electron chi connectivity index (χ4n) is 2.30. The minimum absolute atomic E-state index is 0.217. The number of benzene rings is 3. The largest absolute Gasteiger partial charge is 0.508 e. The van der Waals surface area contributed by atoms with E-state index < -0.39 is 5.97 Å². The van der Waals surface area contributed by atoms with Gasteiger partial charge in [-0.3, -0.25) is 0 Å². The Kier molecular flexibility index (Phi) is 5.21. The van der Waals surface area contributed by atoms with Crippen LogP contribution in [-0.4, -0.2) is 18.2 Å². The van der Waals surface area contributed by atoms with Crippen LogP contribution in [0.5, 0.6) is 17.2 Å². The highest BCUT2D eigenvalue weighted by atomic mass is 16.5. The first-order valence-electron chi connectivity index (χ1n) is 7.91. The lowest BCUT2D eigenvalue weighted by Gasteiger charge is -2.04. The van der Waals surface area contributed by atoms with Gasteiger partial charge in [0.2, 0.25) is 0 Å². The summed E-state index contributed by atoms with van der Waals surface area (Å²) in [5.41, 5.74) is 2.61. The van der Waals surface area contributed by atoms with Gasteiger partial charge in [-0.05, 0) is 59.7 Å². The van der Waals surface area contributed by atoms with Gasteiger partial charge in [-0.25, -0.2) is 4.79 Å². The quantitative estimate of drug-likeness (QED) is 0.443. The van der Waals surface area contributed by atoms with Crippen molar-refractivity contribution in [2.75, 3.05) is 7.11 Å². The van der Waals surface area contributed by atoms with Gasteiger partial charge in [-0.1, -0.05) is 30.2 Å².